The smallest absolute Gasteiger partial charge is 0.0412 e. The number of hydrogen-bond donors (Lipinski definition) is 0. The molecule has 0 saturated heterocycles. The number of halogens is 1. The monoisotopic (exact) mass is 167 g/mol. The Morgan fingerprint density at radius 2 is 2.27 bits per heavy atom. The highest BCUT2D eigenvalue weighted by molar-refractivity contribution is 6.30. The maximum absolute atomic E-state index is 5.71. The van der Waals surface area contributed by atoms with Crippen molar-refractivity contribution in [3.63, 3.8) is 0 Å². The van der Waals surface area contributed by atoms with E-state index in [1.54, 1.807) is 0 Å². The minimum absolute atomic E-state index is 0.769. The molecule has 0 aliphatic heterocycles. The molecule has 0 N–H and O–H groups in total. The summed E-state index contributed by atoms with van der Waals surface area (Å²) in [6, 6.07) is 8.92. The van der Waals surface area contributed by atoms with Crippen molar-refractivity contribution in [2.24, 2.45) is 0 Å². The van der Waals surface area contributed by atoms with Crippen molar-refractivity contribution in [3.8, 4) is 0 Å². The van der Waals surface area contributed by atoms with Crippen LogP contribution in [0.4, 0.5) is 0 Å². The molecule has 0 atom stereocenters. The van der Waals surface area contributed by atoms with Gasteiger partial charge in [0.1, 0.15) is 0 Å². The van der Waals surface area contributed by atoms with Crippen LogP contribution in [0.3, 0.4) is 0 Å². The summed E-state index contributed by atoms with van der Waals surface area (Å²) < 4.78 is 0. The van der Waals surface area contributed by atoms with Crippen LogP contribution in [0.1, 0.15) is 25.3 Å². The fourth-order valence-corrected chi connectivity index (χ4v) is 1.08. The molecule has 0 bridgehead atoms. The average Bonchev–Trinajstić information content (AvgIpc) is 2.04. The maximum Gasteiger partial charge on any atom is 0.0412 e. The fraction of sp³-hybridized carbons (Fsp3) is 0.400. The second kappa shape index (κ2) is 4.40. The van der Waals surface area contributed by atoms with Gasteiger partial charge in [0.2, 0.25) is 0 Å². The summed E-state index contributed by atoms with van der Waals surface area (Å²) in [6.45, 7) is 2.19. The highest BCUT2D eigenvalue weighted by atomic mass is 35.5. The Balaban J connectivity index is 2.52. The third-order valence-corrected chi connectivity index (χ3v) is 1.87. The molecule has 0 aliphatic carbocycles. The lowest BCUT2D eigenvalue weighted by Crippen LogP contribution is -1.83. The molecule has 11 heavy (non-hydrogen) atoms. The zero-order chi connectivity index (χ0) is 8.10. The van der Waals surface area contributed by atoms with Crippen LogP contribution in [0.2, 0.25) is 5.02 Å². The molecule has 1 aromatic rings. The van der Waals surface area contributed by atoms with Crippen molar-refractivity contribution in [3.05, 3.63) is 34.9 Å². The third kappa shape index (κ3) is 2.94. The van der Waals surface area contributed by atoms with Crippen LogP contribution in [0.25, 0.3) is 0 Å². The summed E-state index contributed by atoms with van der Waals surface area (Å²) in [5.41, 5.74) is 1.26. The first kappa shape index (κ1) is 8.61. The Kier molecular flexibility index (Phi) is 3.44. The SMILES string of the molecule is CCCCc1[c]cc(Cl)cc1. The van der Waals surface area contributed by atoms with Crippen LogP contribution >= 0.6 is 11.6 Å². The molecule has 1 aromatic carbocycles. The Hall–Kier alpha value is -0.490. The van der Waals surface area contributed by atoms with Crippen LogP contribution in [0.15, 0.2) is 18.2 Å². The van der Waals surface area contributed by atoms with Crippen molar-refractivity contribution in [1.82, 2.24) is 0 Å². The largest absolute Gasteiger partial charge is 0.0843 e. The van der Waals surface area contributed by atoms with Crippen molar-refractivity contribution in [2.75, 3.05) is 0 Å². The molecule has 0 nitrogen and oxygen atoms in total. The summed E-state index contributed by atoms with van der Waals surface area (Å²) >= 11 is 5.71. The van der Waals surface area contributed by atoms with E-state index in [0.29, 0.717) is 0 Å². The van der Waals surface area contributed by atoms with Gasteiger partial charge in [0.05, 0.1) is 0 Å². The maximum atomic E-state index is 5.71. The molecule has 0 amide bonds. The minimum atomic E-state index is 0.769. The number of benzene rings is 1. The van der Waals surface area contributed by atoms with Crippen LogP contribution in [0.5, 0.6) is 0 Å². The first-order valence-electron chi connectivity index (χ1n) is 3.99. The average molecular weight is 168 g/mol. The topological polar surface area (TPSA) is 0 Å². The summed E-state index contributed by atoms with van der Waals surface area (Å²) in [7, 11) is 0. The second-order valence-electron chi connectivity index (χ2n) is 2.64. The lowest BCUT2D eigenvalue weighted by Gasteiger charge is -1.97. The second-order valence-corrected chi connectivity index (χ2v) is 3.07. The molecular formula is C10H12Cl. The van der Waals surface area contributed by atoms with E-state index in [1.165, 1.54) is 18.4 Å². The molecule has 1 radical (unpaired) electrons. The van der Waals surface area contributed by atoms with Gasteiger partial charge in [-0.3, -0.25) is 0 Å². The number of unbranched alkanes of at least 4 members (excludes halogenated alkanes) is 1. The normalized spacial score (nSPS) is 10.0. The first-order valence-corrected chi connectivity index (χ1v) is 4.37. The van der Waals surface area contributed by atoms with E-state index in [9.17, 15) is 0 Å². The van der Waals surface area contributed by atoms with Gasteiger partial charge in [-0.2, -0.15) is 0 Å². The predicted molar refractivity (Wildman–Crippen MR) is 48.9 cm³/mol. The van der Waals surface area contributed by atoms with Gasteiger partial charge in [0.15, 0.2) is 0 Å². The predicted octanol–water partition coefficient (Wildman–Crippen LogP) is 3.48. The Bertz CT molecular complexity index is 201. The quantitative estimate of drug-likeness (QED) is 0.647. The molecule has 0 aromatic heterocycles. The summed E-state index contributed by atoms with van der Waals surface area (Å²) in [5, 5.41) is 0.769. The highest BCUT2D eigenvalue weighted by Gasteiger charge is 1.91. The fourth-order valence-electron chi connectivity index (χ4n) is 0.961. The zero-order valence-corrected chi connectivity index (χ0v) is 7.49. The first-order chi connectivity index (χ1) is 5.33. The standard InChI is InChI=1S/C10H12Cl/c1-2-3-4-9-5-7-10(11)8-6-9/h5,7-8H,2-4H2,1H3. The molecule has 0 aliphatic rings. The number of aryl methyl sites for hydroxylation is 1. The van der Waals surface area contributed by atoms with Gasteiger partial charge in [0.25, 0.3) is 0 Å². The van der Waals surface area contributed by atoms with Crippen LogP contribution < -0.4 is 0 Å². The van der Waals surface area contributed by atoms with Crippen LogP contribution in [-0.2, 0) is 6.42 Å². The molecule has 59 valence electrons. The summed E-state index contributed by atoms with van der Waals surface area (Å²) in [6.07, 6.45) is 3.59. The van der Waals surface area contributed by atoms with E-state index in [1.807, 2.05) is 18.2 Å². The van der Waals surface area contributed by atoms with Crippen molar-refractivity contribution in [2.45, 2.75) is 26.2 Å². The van der Waals surface area contributed by atoms with E-state index in [-0.39, 0.29) is 0 Å². The highest BCUT2D eigenvalue weighted by Crippen LogP contribution is 2.10. The number of hydrogen-bond acceptors (Lipinski definition) is 0. The van der Waals surface area contributed by atoms with Gasteiger partial charge in [-0.1, -0.05) is 31.0 Å². The van der Waals surface area contributed by atoms with Gasteiger partial charge < -0.3 is 0 Å². The van der Waals surface area contributed by atoms with Gasteiger partial charge in [0, 0.05) is 5.02 Å². The summed E-state index contributed by atoms with van der Waals surface area (Å²) in [4.78, 5) is 0. The van der Waals surface area contributed by atoms with Crippen LogP contribution in [0, 0.1) is 6.07 Å². The molecule has 0 fully saturated rings. The number of rotatable bonds is 3. The Labute approximate surface area is 73.2 Å². The molecule has 1 heteroatoms. The van der Waals surface area contributed by atoms with Gasteiger partial charge in [-0.05, 0) is 36.6 Å². The molecule has 0 heterocycles. The Morgan fingerprint density at radius 1 is 1.45 bits per heavy atom. The zero-order valence-electron chi connectivity index (χ0n) is 6.73. The van der Waals surface area contributed by atoms with E-state index in [4.69, 9.17) is 11.6 Å². The van der Waals surface area contributed by atoms with Crippen molar-refractivity contribution >= 4 is 11.6 Å². The minimum Gasteiger partial charge on any atom is -0.0843 e. The lowest BCUT2D eigenvalue weighted by molar-refractivity contribution is 0.794. The van der Waals surface area contributed by atoms with Crippen molar-refractivity contribution < 1.29 is 0 Å². The van der Waals surface area contributed by atoms with E-state index >= 15 is 0 Å². The van der Waals surface area contributed by atoms with E-state index in [2.05, 4.69) is 13.0 Å². The summed E-state index contributed by atoms with van der Waals surface area (Å²) in [5.74, 6) is 0. The third-order valence-electron chi connectivity index (χ3n) is 1.64. The van der Waals surface area contributed by atoms with E-state index < -0.39 is 0 Å². The van der Waals surface area contributed by atoms with Gasteiger partial charge in [-0.25, -0.2) is 0 Å². The molecular weight excluding hydrogens is 156 g/mol. The van der Waals surface area contributed by atoms with Gasteiger partial charge >= 0.3 is 0 Å². The molecule has 0 saturated carbocycles. The molecule has 1 rings (SSSR count). The van der Waals surface area contributed by atoms with Crippen LogP contribution in [-0.4, -0.2) is 0 Å². The Morgan fingerprint density at radius 3 is 2.82 bits per heavy atom. The van der Waals surface area contributed by atoms with Crippen molar-refractivity contribution in [1.29, 1.82) is 0 Å². The van der Waals surface area contributed by atoms with E-state index in [0.717, 1.165) is 11.4 Å². The lowest BCUT2D eigenvalue weighted by atomic mass is 10.1. The molecule has 0 unspecified atom stereocenters. The molecule has 0 spiro atoms. The van der Waals surface area contributed by atoms with Gasteiger partial charge in [-0.15, -0.1) is 0 Å².